The zero-order valence-corrected chi connectivity index (χ0v) is 10.1. The molecule has 0 fully saturated rings. The molecule has 1 aliphatic rings. The molecule has 82 valence electrons. The molecule has 2 atom stereocenters. The zero-order chi connectivity index (χ0) is 10.9. The molecule has 0 amide bonds. The third-order valence-electron chi connectivity index (χ3n) is 2.76. The molecular weight excluding hydrogens is 176 g/mol. The minimum Gasteiger partial charge on any atom is -0.487 e. The lowest BCUT2D eigenvalue weighted by Gasteiger charge is -2.38. The minimum atomic E-state index is 0.193. The standard InChI is InChI=1S/C12H22O2/c1-7(2)11-12(8(3)4)14-10(6)9(5)13-11/h7-8,11-12H,1-6H3. The Morgan fingerprint density at radius 2 is 1.07 bits per heavy atom. The predicted molar refractivity (Wildman–Crippen MR) is 57.8 cm³/mol. The van der Waals surface area contributed by atoms with E-state index in [1.165, 1.54) is 0 Å². The van der Waals surface area contributed by atoms with Crippen molar-refractivity contribution in [2.75, 3.05) is 0 Å². The number of rotatable bonds is 2. The molecule has 0 aliphatic carbocycles. The predicted octanol–water partition coefficient (Wildman–Crippen LogP) is 3.33. The first kappa shape index (κ1) is 11.4. The second kappa shape index (κ2) is 4.24. The van der Waals surface area contributed by atoms with Crippen molar-refractivity contribution in [3.8, 4) is 0 Å². The summed E-state index contributed by atoms with van der Waals surface area (Å²) in [5.74, 6) is 2.84. The van der Waals surface area contributed by atoms with Gasteiger partial charge in [-0.05, 0) is 25.7 Å². The van der Waals surface area contributed by atoms with Gasteiger partial charge in [-0.25, -0.2) is 0 Å². The fourth-order valence-electron chi connectivity index (χ4n) is 1.74. The van der Waals surface area contributed by atoms with Crippen molar-refractivity contribution in [2.24, 2.45) is 11.8 Å². The normalized spacial score (nSPS) is 28.0. The van der Waals surface area contributed by atoms with Crippen LogP contribution in [0.2, 0.25) is 0 Å². The second-order valence-electron chi connectivity index (χ2n) is 4.77. The van der Waals surface area contributed by atoms with E-state index in [2.05, 4.69) is 27.7 Å². The quantitative estimate of drug-likeness (QED) is 0.677. The molecule has 2 nitrogen and oxygen atoms in total. The van der Waals surface area contributed by atoms with Crippen LogP contribution in [0.15, 0.2) is 11.5 Å². The summed E-state index contributed by atoms with van der Waals surface area (Å²) in [6.45, 7) is 12.7. The van der Waals surface area contributed by atoms with Gasteiger partial charge >= 0.3 is 0 Å². The zero-order valence-electron chi connectivity index (χ0n) is 10.1. The van der Waals surface area contributed by atoms with E-state index in [9.17, 15) is 0 Å². The number of allylic oxidation sites excluding steroid dienone is 2. The van der Waals surface area contributed by atoms with Crippen LogP contribution in [-0.4, -0.2) is 12.2 Å². The summed E-state index contributed by atoms with van der Waals surface area (Å²) in [7, 11) is 0. The second-order valence-corrected chi connectivity index (χ2v) is 4.77. The summed E-state index contributed by atoms with van der Waals surface area (Å²) < 4.78 is 11.8. The van der Waals surface area contributed by atoms with Gasteiger partial charge in [0, 0.05) is 0 Å². The molecule has 14 heavy (non-hydrogen) atoms. The summed E-state index contributed by atoms with van der Waals surface area (Å²) in [5, 5.41) is 0. The monoisotopic (exact) mass is 198 g/mol. The van der Waals surface area contributed by atoms with Gasteiger partial charge in [0.05, 0.1) is 0 Å². The van der Waals surface area contributed by atoms with Gasteiger partial charge in [-0.1, -0.05) is 27.7 Å². The first-order valence-electron chi connectivity index (χ1n) is 5.44. The summed E-state index contributed by atoms with van der Waals surface area (Å²) >= 11 is 0. The van der Waals surface area contributed by atoms with E-state index in [1.807, 2.05) is 13.8 Å². The highest BCUT2D eigenvalue weighted by Gasteiger charge is 2.34. The van der Waals surface area contributed by atoms with Gasteiger partial charge < -0.3 is 9.47 Å². The molecule has 0 spiro atoms. The van der Waals surface area contributed by atoms with Gasteiger partial charge in [0.15, 0.2) is 0 Å². The van der Waals surface area contributed by atoms with Gasteiger partial charge in [0.1, 0.15) is 23.7 Å². The van der Waals surface area contributed by atoms with Crippen molar-refractivity contribution < 1.29 is 9.47 Å². The van der Waals surface area contributed by atoms with E-state index in [4.69, 9.17) is 9.47 Å². The van der Waals surface area contributed by atoms with Gasteiger partial charge in [-0.2, -0.15) is 0 Å². The van der Waals surface area contributed by atoms with E-state index < -0.39 is 0 Å². The molecule has 0 aromatic carbocycles. The van der Waals surface area contributed by atoms with Crippen LogP contribution >= 0.6 is 0 Å². The van der Waals surface area contributed by atoms with Crippen LogP contribution in [0.5, 0.6) is 0 Å². The van der Waals surface area contributed by atoms with E-state index in [-0.39, 0.29) is 12.2 Å². The summed E-state index contributed by atoms with van der Waals surface area (Å²) in [6.07, 6.45) is 0.386. The number of ether oxygens (including phenoxy) is 2. The largest absolute Gasteiger partial charge is 0.487 e. The van der Waals surface area contributed by atoms with Gasteiger partial charge in [0.25, 0.3) is 0 Å². The summed E-state index contributed by atoms with van der Waals surface area (Å²) in [4.78, 5) is 0. The smallest absolute Gasteiger partial charge is 0.138 e. The highest BCUT2D eigenvalue weighted by molar-refractivity contribution is 5.02. The first-order chi connectivity index (χ1) is 6.43. The molecule has 0 saturated heterocycles. The highest BCUT2D eigenvalue weighted by atomic mass is 16.6. The van der Waals surface area contributed by atoms with Crippen LogP contribution < -0.4 is 0 Å². The fourth-order valence-corrected chi connectivity index (χ4v) is 1.74. The van der Waals surface area contributed by atoms with Crippen molar-refractivity contribution in [3.63, 3.8) is 0 Å². The molecule has 1 aliphatic heterocycles. The fraction of sp³-hybridized carbons (Fsp3) is 0.833. The molecule has 1 rings (SSSR count). The Kier molecular flexibility index (Phi) is 3.46. The van der Waals surface area contributed by atoms with Crippen molar-refractivity contribution >= 4 is 0 Å². The Bertz CT molecular complexity index is 204. The molecule has 0 radical (unpaired) electrons. The van der Waals surface area contributed by atoms with Gasteiger partial charge in [-0.3, -0.25) is 0 Å². The Morgan fingerprint density at radius 3 is 1.29 bits per heavy atom. The molecule has 2 unspecified atom stereocenters. The van der Waals surface area contributed by atoms with Crippen molar-refractivity contribution in [1.29, 1.82) is 0 Å². The molecule has 1 heterocycles. The minimum absolute atomic E-state index is 0.193. The first-order valence-corrected chi connectivity index (χ1v) is 5.44. The van der Waals surface area contributed by atoms with Crippen LogP contribution in [-0.2, 0) is 9.47 Å². The lowest BCUT2D eigenvalue weighted by atomic mass is 9.92. The molecule has 0 aromatic heterocycles. The van der Waals surface area contributed by atoms with Crippen molar-refractivity contribution in [2.45, 2.75) is 53.8 Å². The molecule has 2 heteroatoms. The van der Waals surface area contributed by atoms with Crippen LogP contribution in [0.3, 0.4) is 0 Å². The molecule has 0 N–H and O–H groups in total. The number of hydrogen-bond acceptors (Lipinski definition) is 2. The van der Waals surface area contributed by atoms with E-state index in [0.717, 1.165) is 11.5 Å². The van der Waals surface area contributed by atoms with Crippen LogP contribution in [0.25, 0.3) is 0 Å². The van der Waals surface area contributed by atoms with Crippen molar-refractivity contribution in [1.82, 2.24) is 0 Å². The molecular formula is C12H22O2. The van der Waals surface area contributed by atoms with Crippen LogP contribution in [0.1, 0.15) is 41.5 Å². The maximum absolute atomic E-state index is 5.89. The SMILES string of the molecule is CC1=C(C)OC(C(C)C)C(C(C)C)O1. The molecule has 0 aromatic rings. The topological polar surface area (TPSA) is 18.5 Å². The Balaban J connectivity index is 2.83. The number of hydrogen-bond donors (Lipinski definition) is 0. The third-order valence-corrected chi connectivity index (χ3v) is 2.76. The lowest BCUT2D eigenvalue weighted by molar-refractivity contribution is -0.100. The summed E-state index contributed by atoms with van der Waals surface area (Å²) in [6, 6.07) is 0. The van der Waals surface area contributed by atoms with E-state index in [1.54, 1.807) is 0 Å². The van der Waals surface area contributed by atoms with E-state index in [0.29, 0.717) is 11.8 Å². The van der Waals surface area contributed by atoms with Crippen LogP contribution in [0.4, 0.5) is 0 Å². The van der Waals surface area contributed by atoms with Gasteiger partial charge in [0.2, 0.25) is 0 Å². The Morgan fingerprint density at radius 1 is 0.786 bits per heavy atom. The molecule has 0 bridgehead atoms. The van der Waals surface area contributed by atoms with Crippen LogP contribution in [0, 0.1) is 11.8 Å². The van der Waals surface area contributed by atoms with Crippen molar-refractivity contribution in [3.05, 3.63) is 11.5 Å². The third kappa shape index (κ3) is 2.23. The van der Waals surface area contributed by atoms with Gasteiger partial charge in [-0.15, -0.1) is 0 Å². The Labute approximate surface area is 87.3 Å². The molecule has 0 saturated carbocycles. The van der Waals surface area contributed by atoms with E-state index >= 15 is 0 Å². The Hall–Kier alpha value is -0.660. The maximum Gasteiger partial charge on any atom is 0.138 e. The average Bonchev–Trinajstić information content (AvgIpc) is 2.08. The lowest BCUT2D eigenvalue weighted by Crippen LogP contribution is -2.41. The average molecular weight is 198 g/mol. The highest BCUT2D eigenvalue weighted by Crippen LogP contribution is 2.30. The summed E-state index contributed by atoms with van der Waals surface area (Å²) in [5.41, 5.74) is 0. The maximum atomic E-state index is 5.89.